The smallest absolute Gasteiger partial charge is 0.214 e. The molecular weight excluding hydrogens is 331 g/mol. The molecule has 0 amide bonds. The summed E-state index contributed by atoms with van der Waals surface area (Å²) >= 11 is 5.75. The number of aliphatic hydroxyl groups is 1. The van der Waals surface area contributed by atoms with Crippen LogP contribution >= 0.6 is 11.6 Å². The normalized spacial score (nSPS) is 23.4. The van der Waals surface area contributed by atoms with E-state index in [1.807, 2.05) is 4.90 Å². The highest BCUT2D eigenvalue weighted by atomic mass is 35.5. The Morgan fingerprint density at radius 3 is 2.68 bits per heavy atom. The lowest BCUT2D eigenvalue weighted by Gasteiger charge is -2.18. The molecule has 1 aliphatic heterocycles. The number of β-amino-alcohol motifs (C(OH)–C–C–N with tert-alkyl or cyclic N) is 1. The van der Waals surface area contributed by atoms with Crippen molar-refractivity contribution in [3.8, 4) is 0 Å². The second kappa shape index (κ2) is 6.80. The summed E-state index contributed by atoms with van der Waals surface area (Å²) in [7, 11) is -0.385. The van der Waals surface area contributed by atoms with Crippen molar-refractivity contribution in [1.82, 2.24) is 9.21 Å². The average Bonchev–Trinajstić information content (AvgIpc) is 2.73. The Kier molecular flexibility index (Phi) is 5.45. The molecule has 2 rings (SSSR count). The van der Waals surface area contributed by atoms with Crippen LogP contribution in [0.25, 0.3) is 0 Å². The quantitative estimate of drug-likeness (QED) is 0.865. The van der Waals surface area contributed by atoms with E-state index in [9.17, 15) is 17.9 Å². The van der Waals surface area contributed by atoms with Gasteiger partial charge in [-0.1, -0.05) is 17.7 Å². The van der Waals surface area contributed by atoms with Gasteiger partial charge in [0.15, 0.2) is 0 Å². The van der Waals surface area contributed by atoms with Gasteiger partial charge in [-0.2, -0.15) is 0 Å². The number of likely N-dealkylation sites (tertiary alicyclic amines) is 1. The highest BCUT2D eigenvalue weighted by Crippen LogP contribution is 2.23. The molecule has 0 radical (unpaired) electrons. The van der Waals surface area contributed by atoms with E-state index in [1.165, 1.54) is 24.5 Å². The maximum absolute atomic E-state index is 13.1. The minimum atomic E-state index is -3.35. The van der Waals surface area contributed by atoms with Crippen molar-refractivity contribution in [3.63, 3.8) is 0 Å². The second-order valence-corrected chi connectivity index (χ2v) is 8.47. The van der Waals surface area contributed by atoms with E-state index in [1.54, 1.807) is 12.1 Å². The van der Waals surface area contributed by atoms with Crippen LogP contribution in [0.3, 0.4) is 0 Å². The van der Waals surface area contributed by atoms with Crippen LogP contribution in [0, 0.1) is 11.7 Å². The highest BCUT2D eigenvalue weighted by Gasteiger charge is 2.35. The Balaban J connectivity index is 2.00. The van der Waals surface area contributed by atoms with Gasteiger partial charge in [0.2, 0.25) is 10.0 Å². The van der Waals surface area contributed by atoms with E-state index >= 15 is 0 Å². The maximum atomic E-state index is 13.1. The SMILES string of the molecule is CN(C)S(=O)(=O)C[C@@H]1CN(Cc2ccc(F)c(Cl)c2)C[C@@H]1O. The van der Waals surface area contributed by atoms with Crippen LogP contribution in [0.1, 0.15) is 5.56 Å². The molecule has 22 heavy (non-hydrogen) atoms. The molecule has 1 fully saturated rings. The van der Waals surface area contributed by atoms with Gasteiger partial charge in [-0.05, 0) is 17.7 Å². The largest absolute Gasteiger partial charge is 0.391 e. The summed E-state index contributed by atoms with van der Waals surface area (Å²) in [5, 5.41) is 10.1. The summed E-state index contributed by atoms with van der Waals surface area (Å²) in [6.45, 7) is 1.36. The van der Waals surface area contributed by atoms with Crippen molar-refractivity contribution in [2.75, 3.05) is 32.9 Å². The minimum Gasteiger partial charge on any atom is -0.391 e. The first kappa shape index (κ1) is 17.6. The number of aliphatic hydroxyl groups excluding tert-OH is 1. The number of benzene rings is 1. The lowest BCUT2D eigenvalue weighted by molar-refractivity contribution is 0.148. The van der Waals surface area contributed by atoms with Crippen molar-refractivity contribution < 1.29 is 17.9 Å². The molecule has 0 aromatic heterocycles. The molecule has 0 saturated carbocycles. The van der Waals surface area contributed by atoms with E-state index in [0.29, 0.717) is 19.6 Å². The maximum Gasteiger partial charge on any atom is 0.214 e. The summed E-state index contributed by atoms with van der Waals surface area (Å²) in [5.41, 5.74) is 0.828. The third kappa shape index (κ3) is 4.17. The lowest BCUT2D eigenvalue weighted by Crippen LogP contribution is -2.33. The summed E-state index contributed by atoms with van der Waals surface area (Å²) in [5.74, 6) is -0.882. The van der Waals surface area contributed by atoms with Crippen molar-refractivity contribution in [3.05, 3.63) is 34.6 Å². The van der Waals surface area contributed by atoms with Crippen molar-refractivity contribution >= 4 is 21.6 Å². The fraction of sp³-hybridized carbons (Fsp3) is 0.571. The van der Waals surface area contributed by atoms with Crippen LogP contribution in [-0.2, 0) is 16.6 Å². The number of nitrogens with zero attached hydrogens (tertiary/aromatic N) is 2. The Labute approximate surface area is 135 Å². The zero-order valence-corrected chi connectivity index (χ0v) is 14.1. The summed E-state index contributed by atoms with van der Waals surface area (Å²) in [4.78, 5) is 1.95. The molecule has 8 heteroatoms. The minimum absolute atomic E-state index is 0.0592. The second-order valence-electron chi connectivity index (χ2n) is 5.83. The van der Waals surface area contributed by atoms with Crippen LogP contribution in [0.5, 0.6) is 0 Å². The van der Waals surface area contributed by atoms with E-state index in [0.717, 1.165) is 5.56 Å². The van der Waals surface area contributed by atoms with Crippen LogP contribution in [0.15, 0.2) is 18.2 Å². The molecule has 1 aromatic rings. The first-order chi connectivity index (χ1) is 10.2. The van der Waals surface area contributed by atoms with E-state index < -0.39 is 21.9 Å². The highest BCUT2D eigenvalue weighted by molar-refractivity contribution is 7.89. The first-order valence-corrected chi connectivity index (χ1v) is 8.92. The van der Waals surface area contributed by atoms with E-state index in [2.05, 4.69) is 0 Å². The molecule has 1 aliphatic rings. The Bertz CT molecular complexity index is 639. The Morgan fingerprint density at radius 2 is 2.09 bits per heavy atom. The number of rotatable bonds is 5. The van der Waals surface area contributed by atoms with Crippen molar-refractivity contribution in [2.45, 2.75) is 12.6 Å². The molecular formula is C14H20ClFN2O3S. The van der Waals surface area contributed by atoms with Crippen LogP contribution in [0.2, 0.25) is 5.02 Å². The Hall–Kier alpha value is -0.730. The van der Waals surface area contributed by atoms with Gasteiger partial charge in [0.1, 0.15) is 5.82 Å². The van der Waals surface area contributed by atoms with E-state index in [4.69, 9.17) is 11.6 Å². The van der Waals surface area contributed by atoms with Gasteiger partial charge < -0.3 is 5.11 Å². The molecule has 0 bridgehead atoms. The van der Waals surface area contributed by atoms with Gasteiger partial charge in [0.25, 0.3) is 0 Å². The zero-order valence-electron chi connectivity index (χ0n) is 12.5. The van der Waals surface area contributed by atoms with Gasteiger partial charge in [-0.25, -0.2) is 17.1 Å². The third-order valence-corrected chi connectivity index (χ3v) is 6.11. The number of halogens is 2. The lowest BCUT2D eigenvalue weighted by atomic mass is 10.1. The van der Waals surface area contributed by atoms with Gasteiger partial charge >= 0.3 is 0 Å². The summed E-state index contributed by atoms with van der Waals surface area (Å²) in [6.07, 6.45) is -0.689. The van der Waals surface area contributed by atoms with Gasteiger partial charge in [-0.3, -0.25) is 4.90 Å². The van der Waals surface area contributed by atoms with Gasteiger partial charge in [-0.15, -0.1) is 0 Å². The van der Waals surface area contributed by atoms with Crippen LogP contribution < -0.4 is 0 Å². The topological polar surface area (TPSA) is 60.9 Å². The van der Waals surface area contributed by atoms with Gasteiger partial charge in [0.05, 0.1) is 16.9 Å². The predicted molar refractivity (Wildman–Crippen MR) is 83.7 cm³/mol. The first-order valence-electron chi connectivity index (χ1n) is 6.93. The zero-order chi connectivity index (χ0) is 16.5. The van der Waals surface area contributed by atoms with E-state index in [-0.39, 0.29) is 16.7 Å². The molecule has 1 N–H and O–H groups in total. The number of hydrogen-bond acceptors (Lipinski definition) is 4. The third-order valence-electron chi connectivity index (χ3n) is 3.85. The Morgan fingerprint density at radius 1 is 1.41 bits per heavy atom. The van der Waals surface area contributed by atoms with Crippen LogP contribution in [0.4, 0.5) is 4.39 Å². The average molecular weight is 351 g/mol. The fourth-order valence-corrected chi connectivity index (χ4v) is 3.92. The molecule has 1 heterocycles. The standard InChI is InChI=1S/C14H20ClFN2O3S/c1-17(2)22(20,21)9-11-7-18(8-14(11)19)6-10-3-4-13(16)12(15)5-10/h3-5,11,14,19H,6-9H2,1-2H3/t11-,14-/m0/s1. The van der Waals surface area contributed by atoms with Gasteiger partial charge in [0, 0.05) is 39.6 Å². The molecule has 2 atom stereocenters. The summed E-state index contributed by atoms with van der Waals surface area (Å²) < 4.78 is 38.1. The molecule has 0 aliphatic carbocycles. The summed E-state index contributed by atoms with van der Waals surface area (Å²) in [6, 6.07) is 4.49. The molecule has 1 aromatic carbocycles. The fourth-order valence-electron chi connectivity index (χ4n) is 2.55. The molecule has 124 valence electrons. The molecule has 1 saturated heterocycles. The monoisotopic (exact) mass is 350 g/mol. The van der Waals surface area contributed by atoms with Crippen LogP contribution in [-0.4, -0.2) is 61.8 Å². The number of sulfonamides is 1. The van der Waals surface area contributed by atoms with Crippen molar-refractivity contribution in [1.29, 1.82) is 0 Å². The molecule has 0 unspecified atom stereocenters. The number of hydrogen-bond donors (Lipinski definition) is 1. The van der Waals surface area contributed by atoms with Crippen molar-refractivity contribution in [2.24, 2.45) is 5.92 Å². The molecule has 0 spiro atoms. The molecule has 5 nitrogen and oxygen atoms in total. The predicted octanol–water partition coefficient (Wildman–Crippen LogP) is 1.16.